The molecule has 2 heterocycles. The van der Waals surface area contributed by atoms with Crippen molar-refractivity contribution in [3.8, 4) is 0 Å². The van der Waals surface area contributed by atoms with Gasteiger partial charge >= 0.3 is 0 Å². The molecular formula is C18H21ClN4. The number of aryl methyl sites for hydroxylation is 2. The summed E-state index contributed by atoms with van der Waals surface area (Å²) >= 11 is 6.21. The van der Waals surface area contributed by atoms with Crippen molar-refractivity contribution in [3.63, 3.8) is 0 Å². The Balaban J connectivity index is 1.67. The van der Waals surface area contributed by atoms with Gasteiger partial charge in [-0.2, -0.15) is 5.10 Å². The number of pyridine rings is 1. The van der Waals surface area contributed by atoms with E-state index in [9.17, 15) is 0 Å². The summed E-state index contributed by atoms with van der Waals surface area (Å²) in [6.45, 7) is 5.83. The predicted molar refractivity (Wildman–Crippen MR) is 94.8 cm³/mol. The molecule has 4 nitrogen and oxygen atoms in total. The summed E-state index contributed by atoms with van der Waals surface area (Å²) < 4.78 is 1.94. The van der Waals surface area contributed by atoms with E-state index in [0.717, 1.165) is 46.7 Å². The van der Waals surface area contributed by atoms with Gasteiger partial charge in [-0.3, -0.25) is 9.67 Å². The van der Waals surface area contributed by atoms with Gasteiger partial charge in [-0.25, -0.2) is 0 Å². The van der Waals surface area contributed by atoms with Crippen molar-refractivity contribution in [1.82, 2.24) is 20.1 Å². The number of hydrogen-bond acceptors (Lipinski definition) is 3. The van der Waals surface area contributed by atoms with Crippen LogP contribution in [0.25, 0.3) is 10.9 Å². The molecule has 5 heteroatoms. The Morgan fingerprint density at radius 3 is 2.83 bits per heavy atom. The number of hydrogen-bond donors (Lipinski definition) is 1. The first kappa shape index (κ1) is 16.0. The molecule has 120 valence electrons. The van der Waals surface area contributed by atoms with E-state index in [-0.39, 0.29) is 0 Å². The second-order valence-corrected chi connectivity index (χ2v) is 6.28. The summed E-state index contributed by atoms with van der Waals surface area (Å²) in [5.74, 6) is 0. The number of fused-ring (bicyclic) bond motifs is 1. The van der Waals surface area contributed by atoms with E-state index in [0.29, 0.717) is 0 Å². The van der Waals surface area contributed by atoms with Gasteiger partial charge in [0.05, 0.1) is 11.2 Å². The number of aromatic nitrogens is 3. The van der Waals surface area contributed by atoms with E-state index in [1.54, 1.807) is 0 Å². The average Bonchev–Trinajstić information content (AvgIpc) is 2.77. The van der Waals surface area contributed by atoms with Crippen molar-refractivity contribution in [1.29, 1.82) is 0 Å². The number of nitrogens with zero attached hydrogens (tertiary/aromatic N) is 3. The van der Waals surface area contributed by atoms with Crippen LogP contribution in [0, 0.1) is 13.8 Å². The maximum absolute atomic E-state index is 6.21. The molecule has 0 aliphatic carbocycles. The topological polar surface area (TPSA) is 42.7 Å². The van der Waals surface area contributed by atoms with Crippen LogP contribution in [0.1, 0.15) is 22.5 Å². The van der Waals surface area contributed by atoms with Gasteiger partial charge in [-0.15, -0.1) is 0 Å². The van der Waals surface area contributed by atoms with Crippen LogP contribution in [-0.4, -0.2) is 21.3 Å². The molecule has 0 saturated carbocycles. The normalized spacial score (nSPS) is 11.3. The maximum Gasteiger partial charge on any atom is 0.0747 e. The lowest BCUT2D eigenvalue weighted by molar-refractivity contribution is 0.684. The number of benzene rings is 1. The minimum absolute atomic E-state index is 0.751. The summed E-state index contributed by atoms with van der Waals surface area (Å²) in [5, 5.41) is 9.79. The molecule has 2 aromatic heterocycles. The zero-order valence-corrected chi connectivity index (χ0v) is 14.5. The van der Waals surface area contributed by atoms with Gasteiger partial charge in [0.25, 0.3) is 0 Å². The standard InChI is InChI=1S/C18H21ClN4/c1-12-17(13(2)23(3)22-12)6-8-20-11-15-10-16(19)9-14-5-4-7-21-18(14)15/h4-5,7,9-10,20H,6,8,11H2,1-3H3. The molecule has 1 aromatic carbocycles. The van der Waals surface area contributed by atoms with E-state index in [2.05, 4.69) is 29.2 Å². The Morgan fingerprint density at radius 2 is 2.09 bits per heavy atom. The van der Waals surface area contributed by atoms with Crippen molar-refractivity contribution in [2.24, 2.45) is 7.05 Å². The summed E-state index contributed by atoms with van der Waals surface area (Å²) in [6.07, 6.45) is 2.79. The first-order chi connectivity index (χ1) is 11.1. The fourth-order valence-electron chi connectivity index (χ4n) is 2.98. The summed E-state index contributed by atoms with van der Waals surface area (Å²) in [5.41, 5.74) is 5.82. The van der Waals surface area contributed by atoms with Crippen LogP contribution < -0.4 is 5.32 Å². The Bertz CT molecular complexity index is 838. The quantitative estimate of drug-likeness (QED) is 0.728. The molecule has 0 aliphatic heterocycles. The molecule has 3 rings (SSSR count). The smallest absolute Gasteiger partial charge is 0.0747 e. The largest absolute Gasteiger partial charge is 0.312 e. The van der Waals surface area contributed by atoms with E-state index >= 15 is 0 Å². The monoisotopic (exact) mass is 328 g/mol. The minimum Gasteiger partial charge on any atom is -0.312 e. The number of nitrogens with one attached hydrogen (secondary N) is 1. The maximum atomic E-state index is 6.21. The molecule has 0 saturated heterocycles. The zero-order valence-electron chi connectivity index (χ0n) is 13.7. The van der Waals surface area contributed by atoms with Crippen molar-refractivity contribution < 1.29 is 0 Å². The fourth-order valence-corrected chi connectivity index (χ4v) is 3.23. The highest BCUT2D eigenvalue weighted by atomic mass is 35.5. The Morgan fingerprint density at radius 1 is 1.26 bits per heavy atom. The highest BCUT2D eigenvalue weighted by Crippen LogP contribution is 2.22. The Kier molecular flexibility index (Phi) is 4.64. The molecule has 0 amide bonds. The first-order valence-corrected chi connectivity index (χ1v) is 8.17. The van der Waals surface area contributed by atoms with Gasteiger partial charge < -0.3 is 5.32 Å². The molecule has 0 bridgehead atoms. The third-order valence-electron chi connectivity index (χ3n) is 4.27. The molecule has 23 heavy (non-hydrogen) atoms. The molecule has 3 aromatic rings. The molecule has 0 fully saturated rings. The zero-order chi connectivity index (χ0) is 16.4. The Hall–Kier alpha value is -1.91. The molecule has 1 N–H and O–H groups in total. The van der Waals surface area contributed by atoms with Crippen molar-refractivity contribution in [2.45, 2.75) is 26.8 Å². The van der Waals surface area contributed by atoms with Crippen molar-refractivity contribution in [2.75, 3.05) is 6.54 Å². The summed E-state index contributed by atoms with van der Waals surface area (Å²) in [4.78, 5) is 4.48. The van der Waals surface area contributed by atoms with E-state index in [4.69, 9.17) is 11.6 Å². The van der Waals surface area contributed by atoms with Crippen LogP contribution in [0.2, 0.25) is 5.02 Å². The predicted octanol–water partition coefficient (Wildman–Crippen LogP) is 3.57. The van der Waals surface area contributed by atoms with Gasteiger partial charge in [0.1, 0.15) is 0 Å². The number of rotatable bonds is 5. The second-order valence-electron chi connectivity index (χ2n) is 5.84. The lowest BCUT2D eigenvalue weighted by Crippen LogP contribution is -2.17. The van der Waals surface area contributed by atoms with Crippen LogP contribution >= 0.6 is 11.6 Å². The average molecular weight is 329 g/mol. The van der Waals surface area contributed by atoms with Gasteiger partial charge in [-0.05, 0) is 56.1 Å². The first-order valence-electron chi connectivity index (χ1n) is 7.79. The van der Waals surface area contributed by atoms with Gasteiger partial charge in [0.2, 0.25) is 0 Å². The second kappa shape index (κ2) is 6.69. The SMILES string of the molecule is Cc1nn(C)c(C)c1CCNCc1cc(Cl)cc2cccnc12. The summed E-state index contributed by atoms with van der Waals surface area (Å²) in [6, 6.07) is 7.92. The third kappa shape index (κ3) is 3.38. The van der Waals surface area contributed by atoms with Crippen LogP contribution in [-0.2, 0) is 20.0 Å². The summed E-state index contributed by atoms with van der Waals surface area (Å²) in [7, 11) is 1.99. The van der Waals surface area contributed by atoms with Gasteiger partial charge in [-0.1, -0.05) is 17.7 Å². The van der Waals surface area contributed by atoms with E-state index in [1.165, 1.54) is 11.3 Å². The molecule has 0 spiro atoms. The van der Waals surface area contributed by atoms with E-state index in [1.807, 2.05) is 42.2 Å². The molecule has 0 atom stereocenters. The highest BCUT2D eigenvalue weighted by molar-refractivity contribution is 6.31. The lowest BCUT2D eigenvalue weighted by atomic mass is 10.1. The molecular weight excluding hydrogens is 308 g/mol. The van der Waals surface area contributed by atoms with Crippen LogP contribution in [0.4, 0.5) is 0 Å². The van der Waals surface area contributed by atoms with Crippen LogP contribution in [0.15, 0.2) is 30.5 Å². The van der Waals surface area contributed by atoms with Crippen molar-refractivity contribution >= 4 is 22.5 Å². The van der Waals surface area contributed by atoms with Crippen LogP contribution in [0.5, 0.6) is 0 Å². The number of halogens is 1. The molecule has 0 aliphatic rings. The van der Waals surface area contributed by atoms with Crippen molar-refractivity contribution in [3.05, 3.63) is 58.0 Å². The fraction of sp³-hybridized carbons (Fsp3) is 0.333. The Labute approximate surface area is 141 Å². The minimum atomic E-state index is 0.751. The molecule has 0 unspecified atom stereocenters. The highest BCUT2D eigenvalue weighted by Gasteiger charge is 2.09. The lowest BCUT2D eigenvalue weighted by Gasteiger charge is -2.09. The van der Waals surface area contributed by atoms with Gasteiger partial charge in [0.15, 0.2) is 0 Å². The molecule has 0 radical (unpaired) electrons. The third-order valence-corrected chi connectivity index (χ3v) is 4.49. The van der Waals surface area contributed by atoms with Crippen LogP contribution in [0.3, 0.4) is 0 Å². The van der Waals surface area contributed by atoms with E-state index < -0.39 is 0 Å². The van der Waals surface area contributed by atoms with Gasteiger partial charge in [0, 0.05) is 35.9 Å².